The van der Waals surface area contributed by atoms with Crippen molar-refractivity contribution in [3.63, 3.8) is 0 Å². The third kappa shape index (κ3) is 6.89. The molecule has 0 atom stereocenters. The molecule has 0 fully saturated rings. The van der Waals surface area contributed by atoms with Gasteiger partial charge in [-0.2, -0.15) is 4.98 Å². The Morgan fingerprint density at radius 1 is 1.03 bits per heavy atom. The fourth-order valence-corrected chi connectivity index (χ4v) is 2.82. The summed E-state index contributed by atoms with van der Waals surface area (Å²) in [5.41, 5.74) is 1.67. The molecule has 1 aromatic heterocycles. The maximum atomic E-state index is 12.2. The second kappa shape index (κ2) is 11.4. The van der Waals surface area contributed by atoms with Gasteiger partial charge >= 0.3 is 5.97 Å². The zero-order chi connectivity index (χ0) is 23.6. The first-order chi connectivity index (χ1) is 16.0. The van der Waals surface area contributed by atoms with Gasteiger partial charge < -0.3 is 24.6 Å². The van der Waals surface area contributed by atoms with Crippen LogP contribution in [-0.4, -0.2) is 48.2 Å². The normalized spacial score (nSPS) is 10.4. The molecule has 3 rings (SSSR count). The number of methoxy groups -OCH3 is 1. The lowest BCUT2D eigenvalue weighted by atomic mass is 10.2. The van der Waals surface area contributed by atoms with Crippen molar-refractivity contribution in [2.24, 2.45) is 0 Å². The van der Waals surface area contributed by atoms with E-state index in [2.05, 4.69) is 25.5 Å². The lowest BCUT2D eigenvalue weighted by molar-refractivity contribution is -0.139. The largest absolute Gasteiger partial charge is 0.494 e. The molecule has 0 unspecified atom stereocenters. The number of benzene rings is 2. The van der Waals surface area contributed by atoms with Crippen molar-refractivity contribution < 1.29 is 28.4 Å². The minimum atomic E-state index is -0.542. The summed E-state index contributed by atoms with van der Waals surface area (Å²) in [6, 6.07) is 13.6. The molecular weight excluding hydrogens is 428 g/mol. The average molecular weight is 452 g/mol. The number of ether oxygens (including phenoxy) is 2. The van der Waals surface area contributed by atoms with Crippen LogP contribution in [0.5, 0.6) is 5.75 Å². The number of rotatable bonds is 10. The average Bonchev–Trinajstić information content (AvgIpc) is 3.31. The molecule has 172 valence electrons. The Morgan fingerprint density at radius 2 is 1.76 bits per heavy atom. The Hall–Kier alpha value is -4.21. The number of esters is 1. The molecule has 33 heavy (non-hydrogen) atoms. The van der Waals surface area contributed by atoms with Gasteiger partial charge in [0.15, 0.2) is 0 Å². The van der Waals surface area contributed by atoms with Crippen molar-refractivity contribution in [2.75, 3.05) is 25.6 Å². The summed E-state index contributed by atoms with van der Waals surface area (Å²) in [5, 5.41) is 9.14. The van der Waals surface area contributed by atoms with Crippen molar-refractivity contribution >= 4 is 23.5 Å². The maximum absolute atomic E-state index is 12.2. The standard InChI is InChI=1S/C23H24N4O6/c1-3-32-18-10-6-15(7-11-18)22-26-20(33-27-22)13-12-19(28)25-17-8-4-16(5-9-17)23(30)24-14-21(29)31-2/h4-11H,3,12-14H2,1-2H3,(H,24,30)(H,25,28). The number of amides is 2. The Morgan fingerprint density at radius 3 is 2.42 bits per heavy atom. The number of carbonyl (C=O) groups is 3. The van der Waals surface area contributed by atoms with Gasteiger partial charge in [-0.15, -0.1) is 0 Å². The van der Waals surface area contributed by atoms with Gasteiger partial charge in [0, 0.05) is 29.7 Å². The molecule has 0 saturated carbocycles. The molecule has 0 aliphatic carbocycles. The summed E-state index contributed by atoms with van der Waals surface area (Å²) in [6.07, 6.45) is 0.427. The number of aromatic nitrogens is 2. The van der Waals surface area contributed by atoms with Gasteiger partial charge in [-0.05, 0) is 55.5 Å². The molecular formula is C23H24N4O6. The van der Waals surface area contributed by atoms with Crippen LogP contribution in [0.4, 0.5) is 5.69 Å². The molecule has 0 aliphatic heterocycles. The first-order valence-corrected chi connectivity index (χ1v) is 10.3. The van der Waals surface area contributed by atoms with Gasteiger partial charge in [0.2, 0.25) is 17.6 Å². The quantitative estimate of drug-likeness (QED) is 0.449. The molecule has 0 bridgehead atoms. The van der Waals surface area contributed by atoms with Crippen LogP contribution in [0.3, 0.4) is 0 Å². The highest BCUT2D eigenvalue weighted by molar-refractivity contribution is 5.97. The maximum Gasteiger partial charge on any atom is 0.325 e. The van der Waals surface area contributed by atoms with Gasteiger partial charge in [-0.25, -0.2) is 0 Å². The number of nitrogens with zero attached hydrogens (tertiary/aromatic N) is 2. The van der Waals surface area contributed by atoms with Crippen LogP contribution in [0.25, 0.3) is 11.4 Å². The lowest BCUT2D eigenvalue weighted by Crippen LogP contribution is -2.30. The van der Waals surface area contributed by atoms with Crippen LogP contribution in [0.1, 0.15) is 29.6 Å². The smallest absolute Gasteiger partial charge is 0.325 e. The van der Waals surface area contributed by atoms with Crippen LogP contribution in [-0.2, 0) is 20.7 Å². The Kier molecular flexibility index (Phi) is 8.12. The molecule has 0 radical (unpaired) electrons. The Labute approximate surface area is 190 Å². The topological polar surface area (TPSA) is 133 Å². The monoisotopic (exact) mass is 452 g/mol. The summed E-state index contributed by atoms with van der Waals surface area (Å²) < 4.78 is 15.1. The predicted molar refractivity (Wildman–Crippen MR) is 119 cm³/mol. The minimum Gasteiger partial charge on any atom is -0.494 e. The van der Waals surface area contributed by atoms with E-state index in [9.17, 15) is 14.4 Å². The van der Waals surface area contributed by atoms with E-state index in [1.807, 2.05) is 31.2 Å². The van der Waals surface area contributed by atoms with Crippen molar-refractivity contribution in [3.05, 3.63) is 60.0 Å². The molecule has 10 heteroatoms. The van der Waals surface area contributed by atoms with E-state index in [1.165, 1.54) is 7.11 Å². The summed E-state index contributed by atoms with van der Waals surface area (Å²) in [5.74, 6) is 0.356. The van der Waals surface area contributed by atoms with Gasteiger partial charge in [0.05, 0.1) is 13.7 Å². The second-order valence-electron chi connectivity index (χ2n) is 6.85. The van der Waals surface area contributed by atoms with E-state index in [1.54, 1.807) is 24.3 Å². The lowest BCUT2D eigenvalue weighted by Gasteiger charge is -2.07. The van der Waals surface area contributed by atoms with Crippen molar-refractivity contribution in [1.29, 1.82) is 0 Å². The highest BCUT2D eigenvalue weighted by Crippen LogP contribution is 2.20. The van der Waals surface area contributed by atoms with Gasteiger partial charge in [-0.1, -0.05) is 5.16 Å². The SMILES string of the molecule is CCOc1ccc(-c2noc(CCC(=O)Nc3ccc(C(=O)NCC(=O)OC)cc3)n2)cc1. The van der Waals surface area contributed by atoms with Crippen LogP contribution in [0.15, 0.2) is 53.1 Å². The van der Waals surface area contributed by atoms with E-state index in [0.29, 0.717) is 29.6 Å². The molecule has 0 saturated heterocycles. The van der Waals surface area contributed by atoms with Crippen molar-refractivity contribution in [2.45, 2.75) is 19.8 Å². The van der Waals surface area contributed by atoms with Crippen LogP contribution < -0.4 is 15.4 Å². The fourth-order valence-electron chi connectivity index (χ4n) is 2.82. The van der Waals surface area contributed by atoms with Gasteiger partial charge in [0.25, 0.3) is 5.91 Å². The number of anilines is 1. The van der Waals surface area contributed by atoms with Crippen molar-refractivity contribution in [3.8, 4) is 17.1 Å². The van der Waals surface area contributed by atoms with E-state index in [0.717, 1.165) is 11.3 Å². The highest BCUT2D eigenvalue weighted by Gasteiger charge is 2.12. The van der Waals surface area contributed by atoms with Crippen LogP contribution in [0, 0.1) is 0 Å². The van der Waals surface area contributed by atoms with Crippen LogP contribution in [0.2, 0.25) is 0 Å². The van der Waals surface area contributed by atoms with Gasteiger partial charge in [-0.3, -0.25) is 14.4 Å². The zero-order valence-electron chi connectivity index (χ0n) is 18.3. The summed E-state index contributed by atoms with van der Waals surface area (Å²) in [4.78, 5) is 39.6. The summed E-state index contributed by atoms with van der Waals surface area (Å²) in [6.45, 7) is 2.28. The number of hydrogen-bond donors (Lipinski definition) is 2. The van der Waals surface area contributed by atoms with E-state index in [-0.39, 0.29) is 25.3 Å². The second-order valence-corrected chi connectivity index (χ2v) is 6.85. The number of nitrogens with one attached hydrogen (secondary N) is 2. The predicted octanol–water partition coefficient (Wildman–Crippen LogP) is 2.61. The third-order valence-electron chi connectivity index (χ3n) is 4.51. The molecule has 0 aliphatic rings. The van der Waals surface area contributed by atoms with E-state index < -0.39 is 11.9 Å². The molecule has 2 N–H and O–H groups in total. The molecule has 3 aromatic rings. The molecule has 0 spiro atoms. The van der Waals surface area contributed by atoms with Crippen LogP contribution >= 0.6 is 0 Å². The molecule has 1 heterocycles. The first kappa shape index (κ1) is 23.5. The van der Waals surface area contributed by atoms with E-state index >= 15 is 0 Å². The zero-order valence-corrected chi connectivity index (χ0v) is 18.3. The van der Waals surface area contributed by atoms with Crippen molar-refractivity contribution in [1.82, 2.24) is 15.5 Å². The first-order valence-electron chi connectivity index (χ1n) is 10.3. The Bertz CT molecular complexity index is 1090. The molecule has 2 aromatic carbocycles. The fraction of sp³-hybridized carbons (Fsp3) is 0.261. The summed E-state index contributed by atoms with van der Waals surface area (Å²) in [7, 11) is 1.24. The summed E-state index contributed by atoms with van der Waals surface area (Å²) >= 11 is 0. The number of hydrogen-bond acceptors (Lipinski definition) is 8. The number of carbonyl (C=O) groups excluding carboxylic acids is 3. The highest BCUT2D eigenvalue weighted by atomic mass is 16.5. The van der Waals surface area contributed by atoms with Gasteiger partial charge in [0.1, 0.15) is 12.3 Å². The molecule has 10 nitrogen and oxygen atoms in total. The molecule has 2 amide bonds. The third-order valence-corrected chi connectivity index (χ3v) is 4.51. The minimum absolute atomic E-state index is 0.145. The number of aryl methyl sites for hydroxylation is 1. The Balaban J connectivity index is 1.47. The van der Waals surface area contributed by atoms with E-state index in [4.69, 9.17) is 9.26 Å².